The zero-order valence-corrected chi connectivity index (χ0v) is 17.4. The van der Waals surface area contributed by atoms with Crippen LogP contribution in [-0.4, -0.2) is 17.8 Å². The maximum atomic E-state index is 12.3. The Balaban J connectivity index is 1.26. The second kappa shape index (κ2) is 9.86. The van der Waals surface area contributed by atoms with Crippen LogP contribution >= 0.6 is 11.9 Å². The maximum Gasteiger partial charge on any atom is 0.329 e. The number of carbonyl (C=O) groups excluding carboxylic acids is 2. The van der Waals surface area contributed by atoms with E-state index in [2.05, 4.69) is 22.2 Å². The second-order valence-electron chi connectivity index (χ2n) is 6.71. The van der Waals surface area contributed by atoms with Gasteiger partial charge in [-0.2, -0.15) is 0 Å². The van der Waals surface area contributed by atoms with E-state index in [1.165, 1.54) is 5.56 Å². The minimum Gasteiger partial charge on any atom is -0.493 e. The number of ether oxygens (including phenoxy) is 1. The quantitative estimate of drug-likeness (QED) is 0.384. The molecule has 0 spiro atoms. The van der Waals surface area contributed by atoms with Crippen LogP contribution in [0.5, 0.6) is 5.75 Å². The third-order valence-electron chi connectivity index (χ3n) is 4.46. The summed E-state index contributed by atoms with van der Waals surface area (Å²) in [5.41, 5.74) is 2.38. The van der Waals surface area contributed by atoms with Crippen molar-refractivity contribution in [2.45, 2.75) is 6.42 Å². The smallest absolute Gasteiger partial charge is 0.329 e. The molecule has 0 fully saturated rings. The number of carbonyl (C=O) groups is 2. The molecule has 3 aromatic carbocycles. The molecule has 31 heavy (non-hydrogen) atoms. The number of anilines is 1. The lowest BCUT2D eigenvalue weighted by atomic mass is 10.2. The molecule has 4 rings (SSSR count). The molecule has 0 bridgehead atoms. The van der Waals surface area contributed by atoms with Gasteiger partial charge in [-0.05, 0) is 29.8 Å². The lowest BCUT2D eigenvalue weighted by molar-refractivity contribution is 0.106. The van der Waals surface area contributed by atoms with Crippen molar-refractivity contribution in [2.75, 3.05) is 11.9 Å². The number of fused-ring (bicyclic) bond motifs is 1. The predicted molar refractivity (Wildman–Crippen MR) is 122 cm³/mol. The van der Waals surface area contributed by atoms with Crippen molar-refractivity contribution in [1.29, 1.82) is 0 Å². The van der Waals surface area contributed by atoms with Crippen LogP contribution in [0.1, 0.15) is 16.1 Å². The Morgan fingerprint density at radius 2 is 1.71 bits per heavy atom. The standard InChI is InChI=1S/C24H20N2O4S/c27-23(22-15-18-9-4-5-12-21(18)30-22)31-26-24(28)25-19-10-6-11-20(16-19)29-14-13-17-7-2-1-3-8-17/h1-12,15-16H,13-14H2,(H2,25,26,28). The van der Waals surface area contributed by atoms with Crippen molar-refractivity contribution in [3.8, 4) is 5.75 Å². The number of benzene rings is 3. The van der Waals surface area contributed by atoms with E-state index in [1.54, 1.807) is 30.3 Å². The number of urea groups is 1. The van der Waals surface area contributed by atoms with Crippen LogP contribution in [0.25, 0.3) is 11.0 Å². The first-order chi connectivity index (χ1) is 15.2. The Hall–Kier alpha value is -3.71. The highest BCUT2D eigenvalue weighted by Crippen LogP contribution is 2.22. The van der Waals surface area contributed by atoms with Crippen LogP contribution < -0.4 is 14.8 Å². The first kappa shape index (κ1) is 20.6. The zero-order chi connectivity index (χ0) is 21.5. The molecule has 0 atom stereocenters. The van der Waals surface area contributed by atoms with Crippen LogP contribution in [0, 0.1) is 0 Å². The molecule has 0 saturated carbocycles. The van der Waals surface area contributed by atoms with E-state index in [0.29, 0.717) is 35.6 Å². The van der Waals surface area contributed by atoms with E-state index in [4.69, 9.17) is 9.15 Å². The van der Waals surface area contributed by atoms with Gasteiger partial charge in [-0.25, -0.2) is 4.79 Å². The lowest BCUT2D eigenvalue weighted by Gasteiger charge is -2.09. The van der Waals surface area contributed by atoms with Crippen molar-refractivity contribution in [3.63, 3.8) is 0 Å². The number of rotatable bonds is 6. The normalized spacial score (nSPS) is 10.6. The third kappa shape index (κ3) is 5.67. The Labute approximate surface area is 183 Å². The average molecular weight is 433 g/mol. The van der Waals surface area contributed by atoms with Gasteiger partial charge in [0.05, 0.1) is 6.61 Å². The van der Waals surface area contributed by atoms with Crippen molar-refractivity contribution in [2.24, 2.45) is 0 Å². The number of hydrogen-bond donors (Lipinski definition) is 2. The van der Waals surface area contributed by atoms with E-state index in [-0.39, 0.29) is 10.9 Å². The molecule has 156 valence electrons. The number of amides is 2. The van der Waals surface area contributed by atoms with Crippen molar-refractivity contribution < 1.29 is 18.7 Å². The molecule has 0 aliphatic rings. The molecular weight excluding hydrogens is 412 g/mol. The number of nitrogens with one attached hydrogen (secondary N) is 2. The van der Waals surface area contributed by atoms with Crippen LogP contribution in [0.4, 0.5) is 10.5 Å². The summed E-state index contributed by atoms with van der Waals surface area (Å²) < 4.78 is 13.8. The van der Waals surface area contributed by atoms with Gasteiger partial charge in [-0.1, -0.05) is 54.6 Å². The molecule has 7 heteroatoms. The van der Waals surface area contributed by atoms with Gasteiger partial charge in [0.2, 0.25) is 0 Å². The minimum absolute atomic E-state index is 0.181. The minimum atomic E-state index is -0.518. The highest BCUT2D eigenvalue weighted by atomic mass is 32.2. The molecule has 2 amide bonds. The molecule has 0 radical (unpaired) electrons. The van der Waals surface area contributed by atoms with Crippen LogP contribution in [0.15, 0.2) is 89.3 Å². The summed E-state index contributed by atoms with van der Waals surface area (Å²) in [6.07, 6.45) is 0.791. The van der Waals surface area contributed by atoms with Crippen molar-refractivity contribution in [1.82, 2.24) is 4.72 Å². The number of furan rings is 1. The fourth-order valence-electron chi connectivity index (χ4n) is 2.98. The molecule has 2 N–H and O–H groups in total. The Morgan fingerprint density at radius 3 is 2.55 bits per heavy atom. The van der Waals surface area contributed by atoms with E-state index in [1.807, 2.05) is 42.5 Å². The van der Waals surface area contributed by atoms with Gasteiger partial charge in [0.15, 0.2) is 5.76 Å². The van der Waals surface area contributed by atoms with Crippen LogP contribution in [-0.2, 0) is 6.42 Å². The summed E-state index contributed by atoms with van der Waals surface area (Å²) in [5, 5.41) is 3.14. The summed E-state index contributed by atoms with van der Waals surface area (Å²) in [6.45, 7) is 0.529. The van der Waals surface area contributed by atoms with E-state index in [0.717, 1.165) is 11.8 Å². The zero-order valence-electron chi connectivity index (χ0n) is 16.5. The SMILES string of the molecule is O=C(NSC(=O)c1cc2ccccc2o1)Nc1cccc(OCCc2ccccc2)c1. The summed E-state index contributed by atoms with van der Waals surface area (Å²) in [7, 11) is 0. The summed E-state index contributed by atoms with van der Waals surface area (Å²) in [6, 6.07) is 25.6. The summed E-state index contributed by atoms with van der Waals surface area (Å²) >= 11 is 0.662. The lowest BCUT2D eigenvalue weighted by Crippen LogP contribution is -2.24. The highest BCUT2D eigenvalue weighted by Gasteiger charge is 2.14. The fraction of sp³-hybridized carbons (Fsp3) is 0.0833. The fourth-order valence-corrected chi connectivity index (χ4v) is 3.41. The van der Waals surface area contributed by atoms with Gasteiger partial charge < -0.3 is 14.5 Å². The predicted octanol–water partition coefficient (Wildman–Crippen LogP) is 5.66. The van der Waals surface area contributed by atoms with Gasteiger partial charge in [-0.3, -0.25) is 9.52 Å². The van der Waals surface area contributed by atoms with Gasteiger partial charge in [-0.15, -0.1) is 0 Å². The summed E-state index contributed by atoms with van der Waals surface area (Å²) in [4.78, 5) is 24.4. The molecule has 0 aliphatic carbocycles. The van der Waals surface area contributed by atoms with Crippen molar-refractivity contribution >= 4 is 39.8 Å². The third-order valence-corrected chi connectivity index (χ3v) is 5.13. The summed E-state index contributed by atoms with van der Waals surface area (Å²) in [5.74, 6) is 0.833. The number of para-hydroxylation sites is 1. The molecule has 0 unspecified atom stereocenters. The van der Waals surface area contributed by atoms with E-state index in [9.17, 15) is 9.59 Å². The van der Waals surface area contributed by atoms with Gasteiger partial charge in [0, 0.05) is 35.5 Å². The van der Waals surface area contributed by atoms with Gasteiger partial charge >= 0.3 is 6.03 Å². The molecule has 1 heterocycles. The molecular formula is C24H20N2O4S. The molecule has 0 saturated heterocycles. The Kier molecular flexibility index (Phi) is 6.54. The molecule has 1 aromatic heterocycles. The van der Waals surface area contributed by atoms with E-state index < -0.39 is 6.03 Å². The Bertz CT molecular complexity index is 1160. The largest absolute Gasteiger partial charge is 0.493 e. The van der Waals surface area contributed by atoms with Crippen molar-refractivity contribution in [3.05, 3.63) is 96.3 Å². The maximum absolute atomic E-state index is 12.3. The second-order valence-corrected chi connectivity index (χ2v) is 7.49. The number of hydrogen-bond acceptors (Lipinski definition) is 5. The monoisotopic (exact) mass is 432 g/mol. The molecule has 6 nitrogen and oxygen atoms in total. The molecule has 4 aromatic rings. The average Bonchev–Trinajstić information content (AvgIpc) is 3.23. The van der Waals surface area contributed by atoms with Gasteiger partial charge in [0.1, 0.15) is 11.3 Å². The van der Waals surface area contributed by atoms with Crippen LogP contribution in [0.3, 0.4) is 0 Å². The van der Waals surface area contributed by atoms with Crippen LogP contribution in [0.2, 0.25) is 0 Å². The van der Waals surface area contributed by atoms with Gasteiger partial charge in [0.25, 0.3) is 5.12 Å². The Morgan fingerprint density at radius 1 is 0.903 bits per heavy atom. The van der Waals surface area contributed by atoms with E-state index >= 15 is 0 Å². The topological polar surface area (TPSA) is 80.6 Å². The first-order valence-corrected chi connectivity index (χ1v) is 10.5. The first-order valence-electron chi connectivity index (χ1n) is 9.71. The molecule has 0 aliphatic heterocycles. The highest BCUT2D eigenvalue weighted by molar-refractivity contribution is 8.12.